The first-order valence-electron chi connectivity index (χ1n) is 4.55. The molecule has 4 N–H and O–H groups in total. The van der Waals surface area contributed by atoms with Crippen molar-refractivity contribution in [2.75, 3.05) is 13.7 Å². The molecule has 1 aromatic carbocycles. The van der Waals surface area contributed by atoms with Crippen molar-refractivity contribution < 1.29 is 19.3 Å². The first-order valence-corrected chi connectivity index (χ1v) is 4.55. The molecular formula is C10H14FNO3. The van der Waals surface area contributed by atoms with Crippen molar-refractivity contribution >= 4 is 0 Å². The average Bonchev–Trinajstić information content (AvgIpc) is 2.22. The molecule has 0 aliphatic carbocycles. The van der Waals surface area contributed by atoms with Gasteiger partial charge in [0.15, 0.2) is 11.6 Å². The molecule has 0 aliphatic heterocycles. The van der Waals surface area contributed by atoms with E-state index >= 15 is 0 Å². The Bertz CT molecular complexity index is 344. The molecule has 84 valence electrons. The zero-order chi connectivity index (χ0) is 11.4. The summed E-state index contributed by atoms with van der Waals surface area (Å²) < 4.78 is 18.4. The molecule has 0 aromatic heterocycles. The molecule has 15 heavy (non-hydrogen) atoms. The van der Waals surface area contributed by atoms with Crippen LogP contribution in [0.4, 0.5) is 4.39 Å². The molecule has 0 fully saturated rings. The van der Waals surface area contributed by atoms with E-state index in [9.17, 15) is 9.50 Å². The van der Waals surface area contributed by atoms with E-state index in [2.05, 4.69) is 0 Å². The van der Waals surface area contributed by atoms with Gasteiger partial charge in [0.05, 0.1) is 18.8 Å². The summed E-state index contributed by atoms with van der Waals surface area (Å²) in [7, 11) is 1.37. The van der Waals surface area contributed by atoms with E-state index in [1.54, 1.807) is 0 Å². The van der Waals surface area contributed by atoms with Crippen LogP contribution in [0, 0.1) is 5.82 Å². The summed E-state index contributed by atoms with van der Waals surface area (Å²) in [5.41, 5.74) is 5.21. The number of hydrogen-bond acceptors (Lipinski definition) is 4. The van der Waals surface area contributed by atoms with E-state index in [-0.39, 0.29) is 24.3 Å². The molecule has 1 rings (SSSR count). The van der Waals surface area contributed by atoms with Crippen LogP contribution in [0.1, 0.15) is 18.1 Å². The second-order valence-corrected chi connectivity index (χ2v) is 3.11. The van der Waals surface area contributed by atoms with Crippen LogP contribution in [0.2, 0.25) is 0 Å². The van der Waals surface area contributed by atoms with Gasteiger partial charge in [0.25, 0.3) is 0 Å². The second kappa shape index (κ2) is 4.95. The number of methoxy groups -OCH3 is 1. The number of ether oxygens (including phenoxy) is 1. The molecule has 1 atom stereocenters. The third-order valence-electron chi connectivity index (χ3n) is 2.11. The van der Waals surface area contributed by atoms with Gasteiger partial charge >= 0.3 is 0 Å². The SMILES string of the molecule is COc1ccc(O)c(F)c1C(O)CCN. The third-order valence-corrected chi connectivity index (χ3v) is 2.11. The summed E-state index contributed by atoms with van der Waals surface area (Å²) >= 11 is 0. The fourth-order valence-electron chi connectivity index (χ4n) is 1.35. The predicted molar refractivity (Wildman–Crippen MR) is 53.2 cm³/mol. The maximum atomic E-state index is 13.5. The zero-order valence-electron chi connectivity index (χ0n) is 8.40. The Hall–Kier alpha value is -1.33. The Morgan fingerprint density at radius 3 is 2.73 bits per heavy atom. The molecule has 1 aromatic rings. The van der Waals surface area contributed by atoms with Gasteiger partial charge in [-0.15, -0.1) is 0 Å². The van der Waals surface area contributed by atoms with Crippen LogP contribution in [0.15, 0.2) is 12.1 Å². The number of phenols is 1. The van der Waals surface area contributed by atoms with E-state index in [0.717, 1.165) is 0 Å². The van der Waals surface area contributed by atoms with Crippen LogP contribution < -0.4 is 10.5 Å². The molecular weight excluding hydrogens is 201 g/mol. The zero-order valence-corrected chi connectivity index (χ0v) is 8.40. The lowest BCUT2D eigenvalue weighted by atomic mass is 10.0. The van der Waals surface area contributed by atoms with E-state index in [1.807, 2.05) is 0 Å². The Kier molecular flexibility index (Phi) is 3.88. The molecule has 0 bridgehead atoms. The molecule has 4 nitrogen and oxygen atoms in total. The van der Waals surface area contributed by atoms with Crippen LogP contribution in [-0.4, -0.2) is 23.9 Å². The highest BCUT2D eigenvalue weighted by Gasteiger charge is 2.20. The van der Waals surface area contributed by atoms with Gasteiger partial charge < -0.3 is 20.7 Å². The number of phenolic OH excluding ortho intramolecular Hbond substituents is 1. The Balaban J connectivity index is 3.17. The van der Waals surface area contributed by atoms with Gasteiger partial charge in [-0.1, -0.05) is 0 Å². The Labute approximate surface area is 87.1 Å². The van der Waals surface area contributed by atoms with Gasteiger partial charge in [-0.25, -0.2) is 4.39 Å². The number of rotatable bonds is 4. The van der Waals surface area contributed by atoms with Crippen LogP contribution in [0.5, 0.6) is 11.5 Å². The summed E-state index contributed by atoms with van der Waals surface area (Å²) in [4.78, 5) is 0. The number of nitrogens with two attached hydrogens (primary N) is 1. The van der Waals surface area contributed by atoms with Gasteiger partial charge in [0.1, 0.15) is 5.75 Å². The van der Waals surface area contributed by atoms with Crippen molar-refractivity contribution in [3.05, 3.63) is 23.5 Å². The molecule has 0 radical (unpaired) electrons. The molecule has 0 heterocycles. The quantitative estimate of drug-likeness (QED) is 0.698. The standard InChI is InChI=1S/C10H14FNO3/c1-15-8-3-2-7(14)10(11)9(8)6(13)4-5-12/h2-3,6,13-14H,4-5,12H2,1H3. The normalized spacial score (nSPS) is 12.5. The number of aromatic hydroxyl groups is 1. The van der Waals surface area contributed by atoms with Crippen molar-refractivity contribution in [1.82, 2.24) is 0 Å². The lowest BCUT2D eigenvalue weighted by Gasteiger charge is -2.15. The monoisotopic (exact) mass is 215 g/mol. The summed E-state index contributed by atoms with van der Waals surface area (Å²) in [6.45, 7) is 0.222. The van der Waals surface area contributed by atoms with Gasteiger partial charge in [-0.3, -0.25) is 0 Å². The predicted octanol–water partition coefficient (Wildman–Crippen LogP) is 0.922. The number of aliphatic hydroxyl groups is 1. The summed E-state index contributed by atoms with van der Waals surface area (Å²) in [6, 6.07) is 2.57. The summed E-state index contributed by atoms with van der Waals surface area (Å²) in [6.07, 6.45) is -0.867. The maximum absolute atomic E-state index is 13.5. The molecule has 0 saturated heterocycles. The van der Waals surface area contributed by atoms with Crippen molar-refractivity contribution in [1.29, 1.82) is 0 Å². The highest BCUT2D eigenvalue weighted by molar-refractivity contribution is 5.42. The fourth-order valence-corrected chi connectivity index (χ4v) is 1.35. The van der Waals surface area contributed by atoms with Gasteiger partial charge in [-0.2, -0.15) is 0 Å². The number of hydrogen-bond donors (Lipinski definition) is 3. The van der Waals surface area contributed by atoms with Gasteiger partial charge in [0, 0.05) is 0 Å². The van der Waals surface area contributed by atoms with Gasteiger partial charge in [0.2, 0.25) is 0 Å². The van der Waals surface area contributed by atoms with Crippen molar-refractivity contribution in [3.63, 3.8) is 0 Å². The molecule has 0 aliphatic rings. The summed E-state index contributed by atoms with van der Waals surface area (Å²) in [5, 5.41) is 18.8. The van der Waals surface area contributed by atoms with Crippen molar-refractivity contribution in [2.24, 2.45) is 5.73 Å². The highest BCUT2D eigenvalue weighted by atomic mass is 19.1. The fraction of sp³-hybridized carbons (Fsp3) is 0.400. The third kappa shape index (κ3) is 2.37. The second-order valence-electron chi connectivity index (χ2n) is 3.11. The van der Waals surface area contributed by atoms with Crippen LogP contribution in [0.3, 0.4) is 0 Å². The first kappa shape index (κ1) is 11.7. The first-order chi connectivity index (χ1) is 7.11. The van der Waals surface area contributed by atoms with Gasteiger partial charge in [-0.05, 0) is 25.1 Å². The minimum atomic E-state index is -1.07. The molecule has 0 saturated carbocycles. The Morgan fingerprint density at radius 2 is 2.20 bits per heavy atom. The smallest absolute Gasteiger partial charge is 0.174 e. The average molecular weight is 215 g/mol. The van der Waals surface area contributed by atoms with E-state index in [4.69, 9.17) is 15.6 Å². The van der Waals surface area contributed by atoms with Crippen LogP contribution in [-0.2, 0) is 0 Å². The van der Waals surface area contributed by atoms with E-state index < -0.39 is 17.7 Å². The largest absolute Gasteiger partial charge is 0.505 e. The van der Waals surface area contributed by atoms with Crippen LogP contribution in [0.25, 0.3) is 0 Å². The molecule has 1 unspecified atom stereocenters. The highest BCUT2D eigenvalue weighted by Crippen LogP contribution is 2.33. The Morgan fingerprint density at radius 1 is 1.53 bits per heavy atom. The van der Waals surface area contributed by atoms with Crippen molar-refractivity contribution in [2.45, 2.75) is 12.5 Å². The molecule has 0 spiro atoms. The van der Waals surface area contributed by atoms with E-state index in [1.165, 1.54) is 19.2 Å². The molecule has 0 amide bonds. The van der Waals surface area contributed by atoms with Crippen molar-refractivity contribution in [3.8, 4) is 11.5 Å². The number of benzene rings is 1. The topological polar surface area (TPSA) is 75.7 Å². The lowest BCUT2D eigenvalue weighted by molar-refractivity contribution is 0.160. The molecule has 5 heteroatoms. The maximum Gasteiger partial charge on any atom is 0.174 e. The van der Waals surface area contributed by atoms with E-state index in [0.29, 0.717) is 0 Å². The minimum Gasteiger partial charge on any atom is -0.505 e. The number of aliphatic hydroxyl groups excluding tert-OH is 1. The van der Waals surface area contributed by atoms with Crippen LogP contribution >= 0.6 is 0 Å². The number of halogens is 1. The minimum absolute atomic E-state index is 0.0528. The summed E-state index contributed by atoms with van der Waals surface area (Å²) in [5.74, 6) is -1.18. The lowest BCUT2D eigenvalue weighted by Crippen LogP contribution is -2.09.